The first-order valence-corrected chi connectivity index (χ1v) is 8.77. The van der Waals surface area contributed by atoms with Crippen molar-refractivity contribution < 1.29 is 19.1 Å². The number of nitrogens with one attached hydrogen (secondary N) is 1. The summed E-state index contributed by atoms with van der Waals surface area (Å²) in [5.41, 5.74) is 2.31. The highest BCUT2D eigenvalue weighted by Gasteiger charge is 2.06. The molecule has 0 aromatic heterocycles. The van der Waals surface area contributed by atoms with Crippen LogP contribution in [-0.2, 0) is 20.7 Å². The van der Waals surface area contributed by atoms with Crippen LogP contribution in [-0.4, -0.2) is 31.6 Å². The van der Waals surface area contributed by atoms with E-state index in [4.69, 9.17) is 21.1 Å². The van der Waals surface area contributed by atoms with Gasteiger partial charge in [0.25, 0.3) is 0 Å². The molecule has 0 aliphatic rings. The van der Waals surface area contributed by atoms with Crippen molar-refractivity contribution in [2.24, 2.45) is 0 Å². The van der Waals surface area contributed by atoms with Crippen molar-refractivity contribution in [2.75, 3.05) is 19.8 Å². The first-order valence-electron chi connectivity index (χ1n) is 8.39. The summed E-state index contributed by atoms with van der Waals surface area (Å²) in [4.78, 5) is 23.4. The topological polar surface area (TPSA) is 64.6 Å². The lowest BCUT2D eigenvalue weighted by Gasteiger charge is -2.08. The summed E-state index contributed by atoms with van der Waals surface area (Å²) >= 11 is 5.83. The molecule has 1 N–H and O–H groups in total. The fourth-order valence-electron chi connectivity index (χ4n) is 2.20. The largest absolute Gasteiger partial charge is 0.482 e. The Balaban J connectivity index is 1.55. The molecule has 0 saturated heterocycles. The van der Waals surface area contributed by atoms with Crippen LogP contribution in [0.15, 0.2) is 48.5 Å². The van der Waals surface area contributed by atoms with Gasteiger partial charge in [0.05, 0.1) is 6.54 Å². The zero-order valence-corrected chi connectivity index (χ0v) is 15.4. The number of amides is 1. The van der Waals surface area contributed by atoms with Crippen LogP contribution in [0.3, 0.4) is 0 Å². The molecule has 0 saturated carbocycles. The summed E-state index contributed by atoms with van der Waals surface area (Å²) in [6, 6.07) is 14.9. The summed E-state index contributed by atoms with van der Waals surface area (Å²) in [5, 5.41) is 3.26. The summed E-state index contributed by atoms with van der Waals surface area (Å²) in [5.74, 6) is -0.0745. The molecule has 5 nitrogen and oxygen atoms in total. The Bertz CT molecular complexity index is 731. The van der Waals surface area contributed by atoms with Gasteiger partial charge < -0.3 is 14.8 Å². The van der Waals surface area contributed by atoms with Gasteiger partial charge in [-0.05, 0) is 37.1 Å². The third kappa shape index (κ3) is 7.57. The molecule has 0 fully saturated rings. The van der Waals surface area contributed by atoms with Crippen molar-refractivity contribution in [1.82, 2.24) is 5.32 Å². The normalized spacial score (nSPS) is 10.2. The molecule has 2 aromatic rings. The number of hydrogen-bond acceptors (Lipinski definition) is 4. The SMILES string of the molecule is Cc1ccc(CCC(=O)NCCOC(=O)COc2cccc(Cl)c2)cc1. The highest BCUT2D eigenvalue weighted by atomic mass is 35.5. The summed E-state index contributed by atoms with van der Waals surface area (Å²) < 4.78 is 10.3. The van der Waals surface area contributed by atoms with Crippen LogP contribution >= 0.6 is 11.6 Å². The van der Waals surface area contributed by atoms with Crippen LogP contribution in [0.1, 0.15) is 17.5 Å². The Morgan fingerprint density at radius 1 is 1.12 bits per heavy atom. The molecule has 1 amide bonds. The van der Waals surface area contributed by atoms with E-state index in [9.17, 15) is 9.59 Å². The average molecular weight is 376 g/mol. The monoisotopic (exact) mass is 375 g/mol. The first-order chi connectivity index (χ1) is 12.5. The number of benzene rings is 2. The fraction of sp³-hybridized carbons (Fsp3) is 0.300. The maximum absolute atomic E-state index is 11.8. The lowest BCUT2D eigenvalue weighted by Crippen LogP contribution is -2.29. The second kappa shape index (κ2) is 10.5. The summed E-state index contributed by atoms with van der Waals surface area (Å²) in [6.07, 6.45) is 1.08. The molecule has 0 bridgehead atoms. The number of carbonyl (C=O) groups excluding carboxylic acids is 2. The molecular formula is C20H22ClNO4. The summed E-state index contributed by atoms with van der Waals surface area (Å²) in [7, 11) is 0. The lowest BCUT2D eigenvalue weighted by atomic mass is 10.1. The maximum atomic E-state index is 11.8. The predicted molar refractivity (Wildman–Crippen MR) is 100 cm³/mol. The van der Waals surface area contributed by atoms with Crippen molar-refractivity contribution in [2.45, 2.75) is 19.8 Å². The number of carbonyl (C=O) groups is 2. The first kappa shape index (κ1) is 19.8. The van der Waals surface area contributed by atoms with Gasteiger partial charge >= 0.3 is 5.97 Å². The molecule has 0 aliphatic carbocycles. The number of aryl methyl sites for hydroxylation is 2. The lowest BCUT2D eigenvalue weighted by molar-refractivity contribution is -0.146. The van der Waals surface area contributed by atoms with Gasteiger partial charge in [0.15, 0.2) is 6.61 Å². The highest BCUT2D eigenvalue weighted by Crippen LogP contribution is 2.16. The van der Waals surface area contributed by atoms with Gasteiger partial charge in [-0.15, -0.1) is 0 Å². The third-order valence-corrected chi connectivity index (χ3v) is 3.84. The number of halogens is 1. The van der Waals surface area contributed by atoms with E-state index in [0.29, 0.717) is 23.6 Å². The average Bonchev–Trinajstić information content (AvgIpc) is 2.63. The van der Waals surface area contributed by atoms with Gasteiger partial charge in [-0.2, -0.15) is 0 Å². The number of esters is 1. The fourth-order valence-corrected chi connectivity index (χ4v) is 2.38. The zero-order chi connectivity index (χ0) is 18.8. The molecule has 0 atom stereocenters. The van der Waals surface area contributed by atoms with Gasteiger partial charge in [-0.3, -0.25) is 4.79 Å². The van der Waals surface area contributed by atoms with Crippen LogP contribution in [0, 0.1) is 6.92 Å². The molecule has 26 heavy (non-hydrogen) atoms. The van der Waals surface area contributed by atoms with Gasteiger partial charge in [0.1, 0.15) is 12.4 Å². The number of ether oxygens (including phenoxy) is 2. The quantitative estimate of drug-likeness (QED) is 0.539. The summed E-state index contributed by atoms with van der Waals surface area (Å²) in [6.45, 7) is 2.20. The van der Waals surface area contributed by atoms with Gasteiger partial charge in [0.2, 0.25) is 5.91 Å². The molecule has 2 aromatic carbocycles. The van der Waals surface area contributed by atoms with Crippen molar-refractivity contribution in [3.63, 3.8) is 0 Å². The van der Waals surface area contributed by atoms with Gasteiger partial charge in [-0.1, -0.05) is 47.5 Å². The molecule has 2 rings (SSSR count). The Morgan fingerprint density at radius 3 is 2.62 bits per heavy atom. The maximum Gasteiger partial charge on any atom is 0.344 e. The van der Waals surface area contributed by atoms with Crippen molar-refractivity contribution >= 4 is 23.5 Å². The van der Waals surface area contributed by atoms with E-state index in [2.05, 4.69) is 5.32 Å². The molecule has 0 radical (unpaired) electrons. The van der Waals surface area contributed by atoms with Crippen molar-refractivity contribution in [1.29, 1.82) is 0 Å². The van der Waals surface area contributed by atoms with Crippen molar-refractivity contribution in [3.05, 3.63) is 64.7 Å². The predicted octanol–water partition coefficient (Wildman–Crippen LogP) is 3.32. The minimum absolute atomic E-state index is 0.0724. The Kier molecular flexibility index (Phi) is 7.96. The molecule has 138 valence electrons. The smallest absolute Gasteiger partial charge is 0.344 e. The molecular weight excluding hydrogens is 354 g/mol. The molecule has 0 spiro atoms. The second-order valence-electron chi connectivity index (χ2n) is 5.80. The minimum Gasteiger partial charge on any atom is -0.482 e. The molecule has 0 heterocycles. The number of hydrogen-bond donors (Lipinski definition) is 1. The van der Waals surface area contributed by atoms with Crippen LogP contribution in [0.5, 0.6) is 5.75 Å². The van der Waals surface area contributed by atoms with E-state index in [1.807, 2.05) is 31.2 Å². The number of rotatable bonds is 9. The standard InChI is InChI=1S/C20H22ClNO4/c1-15-5-7-16(8-6-15)9-10-19(23)22-11-12-25-20(24)14-26-18-4-2-3-17(21)13-18/h2-8,13H,9-12,14H2,1H3,(H,22,23). The van der Waals surface area contributed by atoms with Crippen LogP contribution in [0.4, 0.5) is 0 Å². The van der Waals surface area contributed by atoms with E-state index >= 15 is 0 Å². The van der Waals surface area contributed by atoms with E-state index in [0.717, 1.165) is 5.56 Å². The Labute approximate surface area is 158 Å². The van der Waals surface area contributed by atoms with Crippen molar-refractivity contribution in [3.8, 4) is 5.75 Å². The van der Waals surface area contributed by atoms with Crippen LogP contribution < -0.4 is 10.1 Å². The van der Waals surface area contributed by atoms with Gasteiger partial charge in [0, 0.05) is 11.4 Å². The van der Waals surface area contributed by atoms with E-state index < -0.39 is 5.97 Å². The molecule has 0 unspecified atom stereocenters. The van der Waals surface area contributed by atoms with Crippen LogP contribution in [0.2, 0.25) is 5.02 Å². The van der Waals surface area contributed by atoms with E-state index in [-0.39, 0.29) is 25.7 Å². The zero-order valence-electron chi connectivity index (χ0n) is 14.7. The third-order valence-electron chi connectivity index (χ3n) is 3.60. The Hall–Kier alpha value is -2.53. The molecule has 0 aliphatic heterocycles. The second-order valence-corrected chi connectivity index (χ2v) is 6.24. The van der Waals surface area contributed by atoms with E-state index in [1.54, 1.807) is 24.3 Å². The van der Waals surface area contributed by atoms with E-state index in [1.165, 1.54) is 5.56 Å². The molecule has 6 heteroatoms. The highest BCUT2D eigenvalue weighted by molar-refractivity contribution is 6.30. The Morgan fingerprint density at radius 2 is 1.88 bits per heavy atom. The van der Waals surface area contributed by atoms with Crippen LogP contribution in [0.25, 0.3) is 0 Å². The van der Waals surface area contributed by atoms with Gasteiger partial charge in [-0.25, -0.2) is 4.79 Å². The minimum atomic E-state index is -0.501.